The number of carbonyl (C=O) groups excluding carboxylic acids is 2. The Hall–Kier alpha value is -2.80. The number of nitrogens with one attached hydrogen (secondary N) is 2. The van der Waals surface area contributed by atoms with Crippen molar-refractivity contribution in [3.05, 3.63) is 27.4 Å². The summed E-state index contributed by atoms with van der Waals surface area (Å²) in [6, 6.07) is -0.894. The molecule has 1 aromatic rings. The van der Waals surface area contributed by atoms with Gasteiger partial charge in [0.25, 0.3) is 0 Å². The van der Waals surface area contributed by atoms with Crippen LogP contribution in [0.2, 0.25) is 0 Å². The van der Waals surface area contributed by atoms with E-state index in [1.807, 2.05) is 0 Å². The maximum absolute atomic E-state index is 11.5. The smallest absolute Gasteiger partial charge is 0.340 e. The Morgan fingerprint density at radius 3 is 2.18 bits per heavy atom. The number of alkyl halides is 2. The van der Waals surface area contributed by atoms with Crippen molar-refractivity contribution in [1.82, 2.24) is 30.6 Å². The Balaban J connectivity index is 0.000000335. The maximum atomic E-state index is 11.5. The molecule has 0 atom stereocenters. The third kappa shape index (κ3) is 10.6. The van der Waals surface area contributed by atoms with E-state index < -0.39 is 12.1 Å². The fourth-order valence-corrected chi connectivity index (χ4v) is 3.25. The quantitative estimate of drug-likeness (QED) is 0.262. The predicted molar refractivity (Wildman–Crippen MR) is 125 cm³/mol. The molecule has 0 bridgehead atoms. The molecule has 0 radical (unpaired) electrons. The van der Waals surface area contributed by atoms with E-state index in [2.05, 4.69) is 31.2 Å². The Morgan fingerprint density at radius 1 is 1.09 bits per heavy atom. The molecule has 0 saturated heterocycles. The number of aryl methyl sites for hydroxylation is 1. The summed E-state index contributed by atoms with van der Waals surface area (Å²) in [5.41, 5.74) is 6.21. The van der Waals surface area contributed by atoms with Crippen LogP contribution in [0.15, 0.2) is 16.8 Å². The highest BCUT2D eigenvalue weighted by molar-refractivity contribution is 6.18. The molecule has 1 aliphatic carbocycles. The van der Waals surface area contributed by atoms with E-state index in [0.717, 1.165) is 30.7 Å². The Labute approximate surface area is 201 Å². The number of urea groups is 2. The van der Waals surface area contributed by atoms with E-state index in [1.54, 1.807) is 6.92 Å². The van der Waals surface area contributed by atoms with Crippen LogP contribution in [-0.2, 0) is 6.54 Å². The number of nitroso groups, excluding NO2 is 2. The van der Waals surface area contributed by atoms with E-state index in [-0.39, 0.29) is 43.3 Å². The van der Waals surface area contributed by atoms with Crippen molar-refractivity contribution in [2.45, 2.75) is 51.6 Å². The minimum atomic E-state index is -0.648. The summed E-state index contributed by atoms with van der Waals surface area (Å²) in [4.78, 5) is 51.6. The zero-order chi connectivity index (χ0) is 24.6. The van der Waals surface area contributed by atoms with E-state index in [4.69, 9.17) is 28.9 Å². The molecule has 33 heavy (non-hydrogen) atoms. The van der Waals surface area contributed by atoms with E-state index >= 15 is 0 Å². The zero-order valence-electron chi connectivity index (χ0n) is 18.4. The van der Waals surface area contributed by atoms with Crippen LogP contribution < -0.4 is 16.4 Å². The number of rotatable bonds is 9. The van der Waals surface area contributed by atoms with Gasteiger partial charge in [-0.15, -0.1) is 33.0 Å². The van der Waals surface area contributed by atoms with Crippen LogP contribution in [0.25, 0.3) is 0 Å². The Kier molecular flexibility index (Phi) is 13.6. The number of hydrogen-bond donors (Lipinski definition) is 3. The first-order valence-corrected chi connectivity index (χ1v) is 11.4. The first kappa shape index (κ1) is 28.2. The lowest BCUT2D eigenvalue weighted by molar-refractivity contribution is 0.194. The molecule has 184 valence electrons. The number of hydrogen-bond acceptors (Lipinski definition) is 9. The molecular weight excluding hydrogens is 477 g/mol. The fourth-order valence-electron chi connectivity index (χ4n) is 2.93. The van der Waals surface area contributed by atoms with Gasteiger partial charge >= 0.3 is 12.1 Å². The fraction of sp³-hybridized carbons (Fsp3) is 0.667. The van der Waals surface area contributed by atoms with Crippen LogP contribution in [0.3, 0.4) is 0 Å². The van der Waals surface area contributed by atoms with Gasteiger partial charge in [-0.1, -0.05) is 19.3 Å². The van der Waals surface area contributed by atoms with Crippen molar-refractivity contribution in [3.63, 3.8) is 0 Å². The first-order valence-electron chi connectivity index (χ1n) is 10.4. The topological polar surface area (TPSA) is 175 Å². The monoisotopic (exact) mass is 505 g/mol. The number of anilines is 1. The number of nitrogens with two attached hydrogens (primary N) is 1. The van der Waals surface area contributed by atoms with Crippen molar-refractivity contribution >= 4 is 41.1 Å². The SMILES string of the molecule is Cc1ncc(CNC(=O)N(CCCl)N=O)c(N)n1.O=NN(CCCl)C(=O)NC1CCCCC1. The van der Waals surface area contributed by atoms with Gasteiger partial charge in [-0.2, -0.15) is 10.0 Å². The van der Waals surface area contributed by atoms with Crippen LogP contribution in [0.4, 0.5) is 15.4 Å². The van der Waals surface area contributed by atoms with Gasteiger partial charge in [0.2, 0.25) is 0 Å². The van der Waals surface area contributed by atoms with Gasteiger partial charge in [-0.05, 0) is 19.8 Å². The Morgan fingerprint density at radius 2 is 1.67 bits per heavy atom. The summed E-state index contributed by atoms with van der Waals surface area (Å²) < 4.78 is 0. The summed E-state index contributed by atoms with van der Waals surface area (Å²) in [6.45, 7) is 2.01. The maximum Gasteiger partial charge on any atom is 0.340 e. The lowest BCUT2D eigenvalue weighted by Crippen LogP contribution is -2.43. The summed E-state index contributed by atoms with van der Waals surface area (Å²) >= 11 is 10.9. The van der Waals surface area contributed by atoms with Gasteiger partial charge in [-0.25, -0.2) is 19.6 Å². The summed E-state index contributed by atoms with van der Waals surface area (Å²) in [7, 11) is 0. The second-order valence-electron chi connectivity index (χ2n) is 7.06. The van der Waals surface area contributed by atoms with Gasteiger partial charge in [0.1, 0.15) is 11.6 Å². The number of carbonyl (C=O) groups is 2. The van der Waals surface area contributed by atoms with Crippen molar-refractivity contribution < 1.29 is 9.59 Å². The van der Waals surface area contributed by atoms with Crippen molar-refractivity contribution in [2.75, 3.05) is 30.6 Å². The van der Waals surface area contributed by atoms with Gasteiger partial charge in [0.05, 0.1) is 23.7 Å². The minimum absolute atomic E-state index is 0.0385. The molecule has 0 unspecified atom stereocenters. The van der Waals surface area contributed by atoms with Gasteiger partial charge in [0, 0.05) is 36.1 Å². The largest absolute Gasteiger partial charge is 0.383 e. The second kappa shape index (κ2) is 15.9. The number of halogens is 2. The van der Waals surface area contributed by atoms with Crippen molar-refractivity contribution in [2.24, 2.45) is 10.6 Å². The minimum Gasteiger partial charge on any atom is -0.383 e. The van der Waals surface area contributed by atoms with E-state index in [1.165, 1.54) is 12.6 Å². The van der Waals surface area contributed by atoms with Crippen molar-refractivity contribution in [3.8, 4) is 0 Å². The average molecular weight is 506 g/mol. The third-order valence-electron chi connectivity index (χ3n) is 4.64. The van der Waals surface area contributed by atoms with E-state index in [0.29, 0.717) is 16.4 Å². The van der Waals surface area contributed by atoms with E-state index in [9.17, 15) is 19.4 Å². The first-order chi connectivity index (χ1) is 15.9. The third-order valence-corrected chi connectivity index (χ3v) is 4.98. The molecule has 0 aromatic carbocycles. The second-order valence-corrected chi connectivity index (χ2v) is 7.81. The zero-order valence-corrected chi connectivity index (χ0v) is 19.9. The van der Waals surface area contributed by atoms with Gasteiger partial charge in [0.15, 0.2) is 0 Å². The molecule has 0 aliphatic heterocycles. The Bertz CT molecular complexity index is 781. The lowest BCUT2D eigenvalue weighted by Gasteiger charge is -2.24. The normalized spacial score (nSPS) is 13.2. The molecular formula is C18H29Cl2N9O4. The highest BCUT2D eigenvalue weighted by atomic mass is 35.5. The molecule has 13 nitrogen and oxygen atoms in total. The molecule has 15 heteroatoms. The molecule has 4 N–H and O–H groups in total. The summed E-state index contributed by atoms with van der Waals surface area (Å²) in [6.07, 6.45) is 6.98. The molecule has 1 saturated carbocycles. The number of nitrogen functional groups attached to an aromatic ring is 1. The van der Waals surface area contributed by atoms with Crippen LogP contribution in [0.1, 0.15) is 43.5 Å². The molecule has 1 heterocycles. The highest BCUT2D eigenvalue weighted by Crippen LogP contribution is 2.17. The average Bonchev–Trinajstić information content (AvgIpc) is 2.81. The number of nitrogens with zero attached hydrogens (tertiary/aromatic N) is 6. The molecule has 1 aromatic heterocycles. The number of amides is 4. The molecule has 2 rings (SSSR count). The van der Waals surface area contributed by atoms with Crippen LogP contribution in [-0.4, -0.2) is 62.9 Å². The van der Waals surface area contributed by atoms with Gasteiger partial charge < -0.3 is 16.4 Å². The molecule has 1 fully saturated rings. The van der Waals surface area contributed by atoms with Gasteiger partial charge in [-0.3, -0.25) is 0 Å². The number of aromatic nitrogens is 2. The van der Waals surface area contributed by atoms with Crippen LogP contribution >= 0.6 is 23.2 Å². The molecule has 4 amide bonds. The molecule has 1 aliphatic rings. The summed E-state index contributed by atoms with van der Waals surface area (Å²) in [5.74, 6) is 1.16. The predicted octanol–water partition coefficient (Wildman–Crippen LogP) is 3.05. The highest BCUT2D eigenvalue weighted by Gasteiger charge is 2.20. The van der Waals surface area contributed by atoms with Crippen molar-refractivity contribution in [1.29, 1.82) is 0 Å². The standard InChI is InChI=1S/C9H13ClN6O2.C9H16ClN3O2/c1-6-12-4-7(8(11)14-6)5-13-9(17)16(15-18)3-2-10;10-6-7-13(12-15)9(14)11-8-4-2-1-3-5-8/h4H,2-3,5H2,1H3,(H,13,17)(H2,11,12,14);8H,1-7H2,(H,11,14). The van der Waals surface area contributed by atoms with Crippen LogP contribution in [0.5, 0.6) is 0 Å². The summed E-state index contributed by atoms with van der Waals surface area (Å²) in [5, 5.41) is 12.0. The lowest BCUT2D eigenvalue weighted by atomic mass is 9.96. The van der Waals surface area contributed by atoms with Crippen LogP contribution in [0, 0.1) is 16.7 Å². The molecule has 0 spiro atoms.